The van der Waals surface area contributed by atoms with Crippen LogP contribution in [0.15, 0.2) is 52.8 Å². The molecule has 0 bridgehead atoms. The van der Waals surface area contributed by atoms with E-state index in [1.807, 2.05) is 38.1 Å². The summed E-state index contributed by atoms with van der Waals surface area (Å²) in [6.07, 6.45) is 1.78. The third-order valence-electron chi connectivity index (χ3n) is 4.30. The number of aromatic nitrogens is 2. The summed E-state index contributed by atoms with van der Waals surface area (Å²) in [4.78, 5) is 14.9. The van der Waals surface area contributed by atoms with Crippen LogP contribution in [0.1, 0.15) is 28.8 Å². The molecule has 2 aromatic heterocycles. The highest BCUT2D eigenvalue weighted by Gasteiger charge is 2.08. The number of rotatable bonds is 6. The van der Waals surface area contributed by atoms with E-state index in [1.54, 1.807) is 11.3 Å². The Morgan fingerprint density at radius 3 is 2.53 bits per heavy atom. The molecule has 0 aliphatic heterocycles. The Labute approximate surface area is 186 Å². The first kappa shape index (κ1) is 21.9. The lowest BCUT2D eigenvalue weighted by Gasteiger charge is -2.16. The highest BCUT2D eigenvalue weighted by molar-refractivity contribution is 7.80. The second-order valence-corrected chi connectivity index (χ2v) is 8.19. The molecular formula is C22H26N6S2. The standard InChI is InChI=1S/C22H26N6S2/c1-4-17-8-5-6-10-19(17)26-22(29)28-20(23-12-11-18-9-7-13-30-18)27-21-24-15(2)14-16(3)25-21/h5-10,13-14H,4,11-12H2,1-3H3,(H3,23,24,25,26,27,28,29). The quantitative estimate of drug-likeness (QED) is 0.294. The summed E-state index contributed by atoms with van der Waals surface area (Å²) >= 11 is 7.27. The Bertz CT molecular complexity index is 994. The zero-order chi connectivity index (χ0) is 21.3. The topological polar surface area (TPSA) is 74.2 Å². The van der Waals surface area contributed by atoms with Crippen LogP contribution in [0.5, 0.6) is 0 Å². The Kier molecular flexibility index (Phi) is 7.87. The predicted molar refractivity (Wildman–Crippen MR) is 131 cm³/mol. The maximum Gasteiger partial charge on any atom is 0.229 e. The molecule has 0 fully saturated rings. The molecule has 30 heavy (non-hydrogen) atoms. The maximum absolute atomic E-state index is 5.54. The Morgan fingerprint density at radius 2 is 1.83 bits per heavy atom. The van der Waals surface area contributed by atoms with Gasteiger partial charge in [-0.25, -0.2) is 9.97 Å². The molecule has 0 saturated carbocycles. The number of nitrogens with zero attached hydrogens (tertiary/aromatic N) is 3. The van der Waals surface area contributed by atoms with E-state index >= 15 is 0 Å². The molecule has 0 saturated heterocycles. The number of hydrogen-bond donors (Lipinski definition) is 3. The van der Waals surface area contributed by atoms with E-state index in [2.05, 4.69) is 61.4 Å². The molecule has 1 aromatic carbocycles. The average molecular weight is 439 g/mol. The van der Waals surface area contributed by atoms with Crippen LogP contribution in [0.25, 0.3) is 0 Å². The van der Waals surface area contributed by atoms with Crippen molar-refractivity contribution in [1.29, 1.82) is 0 Å². The lowest BCUT2D eigenvalue weighted by molar-refractivity contribution is 0.973. The number of benzene rings is 1. The van der Waals surface area contributed by atoms with Gasteiger partial charge in [0.2, 0.25) is 11.9 Å². The van der Waals surface area contributed by atoms with Crippen LogP contribution in [-0.2, 0) is 12.8 Å². The van der Waals surface area contributed by atoms with Crippen LogP contribution in [-0.4, -0.2) is 27.6 Å². The van der Waals surface area contributed by atoms with Gasteiger partial charge in [-0.2, -0.15) is 0 Å². The number of nitrogens with one attached hydrogen (secondary N) is 3. The van der Waals surface area contributed by atoms with Gasteiger partial charge in [-0.3, -0.25) is 10.3 Å². The largest absolute Gasteiger partial charge is 0.332 e. The third kappa shape index (κ3) is 6.60. The molecule has 3 N–H and O–H groups in total. The molecule has 0 amide bonds. The molecule has 0 atom stereocenters. The molecule has 0 aliphatic rings. The van der Waals surface area contributed by atoms with Gasteiger partial charge in [0.25, 0.3) is 0 Å². The van der Waals surface area contributed by atoms with Crippen molar-refractivity contribution in [2.75, 3.05) is 17.2 Å². The number of anilines is 2. The van der Waals surface area contributed by atoms with Crippen molar-refractivity contribution in [3.05, 3.63) is 69.7 Å². The van der Waals surface area contributed by atoms with E-state index in [-0.39, 0.29) is 0 Å². The molecular weight excluding hydrogens is 412 g/mol. The van der Waals surface area contributed by atoms with Gasteiger partial charge >= 0.3 is 0 Å². The predicted octanol–water partition coefficient (Wildman–Crippen LogP) is 4.71. The number of guanidine groups is 1. The summed E-state index contributed by atoms with van der Waals surface area (Å²) in [5, 5.41) is 12.1. The van der Waals surface area contributed by atoms with E-state index in [0.29, 0.717) is 23.6 Å². The number of thiocarbonyl (C=S) groups is 1. The van der Waals surface area contributed by atoms with Crippen molar-refractivity contribution in [1.82, 2.24) is 15.3 Å². The van der Waals surface area contributed by atoms with Gasteiger partial charge in [-0.05, 0) is 61.6 Å². The first-order chi connectivity index (χ1) is 14.5. The van der Waals surface area contributed by atoms with Crippen molar-refractivity contribution < 1.29 is 0 Å². The molecule has 3 aromatic rings. The molecule has 2 heterocycles. The zero-order valence-electron chi connectivity index (χ0n) is 17.4. The van der Waals surface area contributed by atoms with E-state index in [9.17, 15) is 0 Å². The molecule has 0 unspecified atom stereocenters. The van der Waals surface area contributed by atoms with E-state index in [1.165, 1.54) is 10.4 Å². The van der Waals surface area contributed by atoms with Crippen LogP contribution >= 0.6 is 23.6 Å². The Morgan fingerprint density at radius 1 is 1.07 bits per heavy atom. The van der Waals surface area contributed by atoms with Crippen LogP contribution in [0.3, 0.4) is 0 Å². The lowest BCUT2D eigenvalue weighted by atomic mass is 10.1. The van der Waals surface area contributed by atoms with Crippen LogP contribution in [0, 0.1) is 13.8 Å². The molecule has 3 rings (SSSR count). The van der Waals surface area contributed by atoms with Crippen molar-refractivity contribution in [3.8, 4) is 0 Å². The summed E-state index contributed by atoms with van der Waals surface area (Å²) < 4.78 is 0. The first-order valence-corrected chi connectivity index (χ1v) is 11.1. The minimum absolute atomic E-state index is 0.461. The molecule has 0 radical (unpaired) electrons. The molecule has 0 aliphatic carbocycles. The smallest absolute Gasteiger partial charge is 0.229 e. The Balaban J connectivity index is 1.72. The molecule has 156 valence electrons. The van der Waals surface area contributed by atoms with Crippen LogP contribution < -0.4 is 16.0 Å². The minimum atomic E-state index is 0.461. The number of aryl methyl sites for hydroxylation is 3. The summed E-state index contributed by atoms with van der Waals surface area (Å²) in [6, 6.07) is 14.2. The fourth-order valence-corrected chi connectivity index (χ4v) is 3.85. The van der Waals surface area contributed by atoms with E-state index in [0.717, 1.165) is 29.9 Å². The second kappa shape index (κ2) is 10.8. The van der Waals surface area contributed by atoms with Crippen LogP contribution in [0.2, 0.25) is 0 Å². The number of hydrogen-bond acceptors (Lipinski definition) is 5. The summed E-state index contributed by atoms with van der Waals surface area (Å²) in [5.74, 6) is 1.01. The van der Waals surface area contributed by atoms with Gasteiger partial charge in [0.15, 0.2) is 5.11 Å². The van der Waals surface area contributed by atoms with Crippen LogP contribution in [0.4, 0.5) is 11.6 Å². The first-order valence-electron chi connectivity index (χ1n) is 9.85. The van der Waals surface area contributed by atoms with Gasteiger partial charge in [0, 0.05) is 34.9 Å². The van der Waals surface area contributed by atoms with Crippen molar-refractivity contribution in [3.63, 3.8) is 0 Å². The lowest BCUT2D eigenvalue weighted by Crippen LogP contribution is -2.39. The summed E-state index contributed by atoms with van der Waals surface area (Å²) in [5.41, 5.74) is 3.96. The van der Waals surface area contributed by atoms with E-state index < -0.39 is 0 Å². The van der Waals surface area contributed by atoms with Gasteiger partial charge in [-0.15, -0.1) is 11.3 Å². The molecule has 8 heteroatoms. The van der Waals surface area contributed by atoms with Gasteiger partial charge < -0.3 is 10.6 Å². The van der Waals surface area contributed by atoms with Gasteiger partial charge in [0.1, 0.15) is 0 Å². The Hall–Kier alpha value is -2.84. The van der Waals surface area contributed by atoms with Crippen molar-refractivity contribution >= 4 is 46.3 Å². The third-order valence-corrected chi connectivity index (χ3v) is 5.44. The normalized spacial score (nSPS) is 11.2. The highest BCUT2D eigenvalue weighted by atomic mass is 32.1. The monoisotopic (exact) mass is 438 g/mol. The fraction of sp³-hybridized carbons (Fsp3) is 0.273. The van der Waals surface area contributed by atoms with Crippen molar-refractivity contribution in [2.45, 2.75) is 33.6 Å². The van der Waals surface area contributed by atoms with Gasteiger partial charge in [-0.1, -0.05) is 31.2 Å². The number of aliphatic imine (C=N–C) groups is 1. The SMILES string of the molecule is CCc1ccccc1NC(=S)NC(=NCCc1cccs1)Nc1nc(C)cc(C)n1. The van der Waals surface area contributed by atoms with E-state index in [4.69, 9.17) is 12.2 Å². The number of thiophene rings is 1. The maximum atomic E-state index is 5.54. The minimum Gasteiger partial charge on any atom is -0.332 e. The average Bonchev–Trinajstić information content (AvgIpc) is 3.21. The molecule has 0 spiro atoms. The number of para-hydroxylation sites is 1. The fourth-order valence-electron chi connectivity index (χ4n) is 2.94. The highest BCUT2D eigenvalue weighted by Crippen LogP contribution is 2.15. The van der Waals surface area contributed by atoms with Crippen molar-refractivity contribution in [2.24, 2.45) is 4.99 Å². The summed E-state index contributed by atoms with van der Waals surface area (Å²) in [7, 11) is 0. The molecule has 6 nitrogen and oxygen atoms in total. The zero-order valence-corrected chi connectivity index (χ0v) is 19.0. The second-order valence-electron chi connectivity index (χ2n) is 6.75. The van der Waals surface area contributed by atoms with Gasteiger partial charge in [0.05, 0.1) is 0 Å². The summed E-state index contributed by atoms with van der Waals surface area (Å²) in [6.45, 7) is 6.62.